The summed E-state index contributed by atoms with van der Waals surface area (Å²) >= 11 is 6.13. The van der Waals surface area contributed by atoms with Gasteiger partial charge in [0.25, 0.3) is 5.56 Å². The van der Waals surface area contributed by atoms with E-state index in [1.807, 2.05) is 0 Å². The lowest BCUT2D eigenvalue weighted by Gasteiger charge is -2.34. The summed E-state index contributed by atoms with van der Waals surface area (Å²) in [6.45, 7) is 2.01. The molecule has 0 unspecified atom stereocenters. The highest BCUT2D eigenvalue weighted by Crippen LogP contribution is 2.52. The van der Waals surface area contributed by atoms with Gasteiger partial charge in [0.05, 0.1) is 11.9 Å². The van der Waals surface area contributed by atoms with Crippen molar-refractivity contribution in [2.45, 2.75) is 25.7 Å². The molecule has 17 heavy (non-hydrogen) atoms. The summed E-state index contributed by atoms with van der Waals surface area (Å²) in [6.07, 6.45) is 6.86. The first kappa shape index (κ1) is 11.1. The molecule has 1 saturated heterocycles. The molecule has 4 nitrogen and oxygen atoms in total. The number of aryl methyl sites for hydroxylation is 1. The highest BCUT2D eigenvalue weighted by molar-refractivity contribution is 6.33. The Hall–Kier alpha value is -1.03. The number of anilines is 1. The molecule has 5 heteroatoms. The SMILES string of the molecule is Cn1ncc(N2CCCC3(CC3)C2)c(Cl)c1=O. The highest BCUT2D eigenvalue weighted by atomic mass is 35.5. The van der Waals surface area contributed by atoms with E-state index in [2.05, 4.69) is 10.00 Å². The van der Waals surface area contributed by atoms with Gasteiger partial charge in [-0.05, 0) is 31.1 Å². The number of piperidine rings is 1. The van der Waals surface area contributed by atoms with E-state index in [4.69, 9.17) is 11.6 Å². The van der Waals surface area contributed by atoms with Gasteiger partial charge in [-0.1, -0.05) is 11.6 Å². The van der Waals surface area contributed by atoms with Crippen molar-refractivity contribution in [3.8, 4) is 0 Å². The average Bonchev–Trinajstić information content (AvgIpc) is 3.05. The maximum absolute atomic E-state index is 11.8. The van der Waals surface area contributed by atoms with E-state index in [1.165, 1.54) is 30.4 Å². The highest BCUT2D eigenvalue weighted by Gasteiger charge is 2.45. The monoisotopic (exact) mass is 253 g/mol. The van der Waals surface area contributed by atoms with Gasteiger partial charge in [-0.25, -0.2) is 4.68 Å². The topological polar surface area (TPSA) is 38.1 Å². The second-order valence-electron chi connectivity index (χ2n) is 5.30. The molecule has 0 atom stereocenters. The second-order valence-corrected chi connectivity index (χ2v) is 5.68. The summed E-state index contributed by atoms with van der Waals surface area (Å²) < 4.78 is 1.28. The molecule has 1 aliphatic carbocycles. The first-order valence-corrected chi connectivity index (χ1v) is 6.46. The predicted molar refractivity (Wildman–Crippen MR) is 67.6 cm³/mol. The molecule has 0 amide bonds. The van der Waals surface area contributed by atoms with Crippen LogP contribution in [-0.4, -0.2) is 22.9 Å². The normalized spacial score (nSPS) is 21.9. The van der Waals surface area contributed by atoms with Crippen LogP contribution in [0.25, 0.3) is 0 Å². The van der Waals surface area contributed by atoms with Crippen molar-refractivity contribution in [1.82, 2.24) is 9.78 Å². The minimum absolute atomic E-state index is 0.209. The predicted octanol–water partition coefficient (Wildman–Crippen LogP) is 1.81. The molecule has 0 aromatic carbocycles. The Labute approximate surface area is 105 Å². The number of hydrogen-bond acceptors (Lipinski definition) is 3. The summed E-state index contributed by atoms with van der Waals surface area (Å²) in [7, 11) is 1.62. The molecular weight excluding hydrogens is 238 g/mol. The van der Waals surface area contributed by atoms with Crippen molar-refractivity contribution < 1.29 is 0 Å². The van der Waals surface area contributed by atoms with Gasteiger partial charge in [0, 0.05) is 20.1 Å². The Morgan fingerprint density at radius 2 is 2.18 bits per heavy atom. The molecule has 1 aliphatic heterocycles. The molecule has 3 rings (SSSR count). The first-order valence-electron chi connectivity index (χ1n) is 6.08. The first-order chi connectivity index (χ1) is 8.11. The zero-order valence-electron chi connectivity index (χ0n) is 9.95. The fourth-order valence-corrected chi connectivity index (χ4v) is 3.01. The van der Waals surface area contributed by atoms with E-state index < -0.39 is 0 Å². The van der Waals surface area contributed by atoms with Crippen LogP contribution in [0, 0.1) is 5.41 Å². The summed E-state index contributed by atoms with van der Waals surface area (Å²) in [5.74, 6) is 0. The van der Waals surface area contributed by atoms with Crippen molar-refractivity contribution in [2.24, 2.45) is 12.5 Å². The smallest absolute Gasteiger partial charge is 0.287 e. The molecule has 2 fully saturated rings. The van der Waals surface area contributed by atoms with Crippen LogP contribution in [-0.2, 0) is 7.05 Å². The Kier molecular flexibility index (Phi) is 2.43. The third-order valence-corrected chi connectivity index (χ3v) is 4.37. The van der Waals surface area contributed by atoms with Gasteiger partial charge < -0.3 is 4.90 Å². The molecule has 0 N–H and O–H groups in total. The number of nitrogens with zero attached hydrogens (tertiary/aromatic N) is 3. The Balaban J connectivity index is 1.93. The summed E-state index contributed by atoms with van der Waals surface area (Å²) in [4.78, 5) is 14.0. The van der Waals surface area contributed by atoms with E-state index in [0.717, 1.165) is 18.8 Å². The van der Waals surface area contributed by atoms with Crippen LogP contribution in [0.5, 0.6) is 0 Å². The van der Waals surface area contributed by atoms with Crippen molar-refractivity contribution in [1.29, 1.82) is 0 Å². The second kappa shape index (κ2) is 3.73. The Morgan fingerprint density at radius 1 is 1.41 bits per heavy atom. The van der Waals surface area contributed by atoms with E-state index in [9.17, 15) is 4.79 Å². The minimum atomic E-state index is -0.209. The van der Waals surface area contributed by atoms with Crippen LogP contribution >= 0.6 is 11.6 Å². The van der Waals surface area contributed by atoms with Crippen LogP contribution in [0.2, 0.25) is 5.02 Å². The molecule has 92 valence electrons. The lowest BCUT2D eigenvalue weighted by molar-refractivity contribution is 0.395. The van der Waals surface area contributed by atoms with Gasteiger partial charge in [0.2, 0.25) is 0 Å². The molecule has 1 aromatic heterocycles. The molecule has 0 bridgehead atoms. The number of halogens is 1. The van der Waals surface area contributed by atoms with Gasteiger partial charge in [0.15, 0.2) is 0 Å². The van der Waals surface area contributed by atoms with Gasteiger partial charge in [-0.2, -0.15) is 5.10 Å². The number of aromatic nitrogens is 2. The van der Waals surface area contributed by atoms with Crippen molar-refractivity contribution in [2.75, 3.05) is 18.0 Å². The number of hydrogen-bond donors (Lipinski definition) is 0. The van der Waals surface area contributed by atoms with Gasteiger partial charge >= 0.3 is 0 Å². The Morgan fingerprint density at radius 3 is 2.88 bits per heavy atom. The van der Waals surface area contributed by atoms with Crippen molar-refractivity contribution in [3.05, 3.63) is 21.6 Å². The lowest BCUT2D eigenvalue weighted by atomic mass is 9.95. The van der Waals surface area contributed by atoms with Crippen LogP contribution < -0.4 is 10.5 Å². The number of rotatable bonds is 1. The van der Waals surface area contributed by atoms with E-state index in [-0.39, 0.29) is 5.56 Å². The summed E-state index contributed by atoms with van der Waals surface area (Å²) in [5, 5.41) is 4.37. The summed E-state index contributed by atoms with van der Waals surface area (Å²) in [6, 6.07) is 0. The third-order valence-electron chi connectivity index (χ3n) is 4.02. The largest absolute Gasteiger partial charge is 0.368 e. The maximum atomic E-state index is 11.8. The van der Waals surface area contributed by atoms with E-state index >= 15 is 0 Å². The van der Waals surface area contributed by atoms with Crippen molar-refractivity contribution in [3.63, 3.8) is 0 Å². The standard InChI is InChI=1S/C12H16ClN3O/c1-15-11(17)10(13)9(7-14-15)16-6-2-3-12(8-16)4-5-12/h7H,2-6,8H2,1H3. The van der Waals surface area contributed by atoms with Gasteiger partial charge in [0.1, 0.15) is 5.02 Å². The zero-order chi connectivity index (χ0) is 12.0. The van der Waals surface area contributed by atoms with Gasteiger partial charge in [-0.15, -0.1) is 0 Å². The van der Waals surface area contributed by atoms with Crippen LogP contribution in [0.4, 0.5) is 5.69 Å². The molecule has 2 heterocycles. The quantitative estimate of drug-likeness (QED) is 0.766. The van der Waals surface area contributed by atoms with E-state index in [1.54, 1.807) is 13.2 Å². The van der Waals surface area contributed by atoms with Crippen LogP contribution in [0.15, 0.2) is 11.0 Å². The molecule has 0 radical (unpaired) electrons. The molecule has 1 aromatic rings. The average molecular weight is 254 g/mol. The zero-order valence-corrected chi connectivity index (χ0v) is 10.7. The van der Waals surface area contributed by atoms with Crippen molar-refractivity contribution >= 4 is 17.3 Å². The van der Waals surface area contributed by atoms with Crippen LogP contribution in [0.3, 0.4) is 0 Å². The molecule has 2 aliphatic rings. The van der Waals surface area contributed by atoms with Crippen LogP contribution in [0.1, 0.15) is 25.7 Å². The van der Waals surface area contributed by atoms with Gasteiger partial charge in [-0.3, -0.25) is 4.79 Å². The third kappa shape index (κ3) is 1.84. The minimum Gasteiger partial charge on any atom is -0.368 e. The Bertz CT molecular complexity index is 507. The molecule has 1 spiro atoms. The van der Waals surface area contributed by atoms with E-state index in [0.29, 0.717) is 10.4 Å². The summed E-state index contributed by atoms with van der Waals surface area (Å²) in [5.41, 5.74) is 1.11. The lowest BCUT2D eigenvalue weighted by Crippen LogP contribution is -2.38. The maximum Gasteiger partial charge on any atom is 0.287 e. The fourth-order valence-electron chi connectivity index (χ4n) is 2.72. The fraction of sp³-hybridized carbons (Fsp3) is 0.667. The molecule has 1 saturated carbocycles. The molecular formula is C12H16ClN3O.